The van der Waals surface area contributed by atoms with E-state index >= 15 is 0 Å². The van der Waals surface area contributed by atoms with Crippen molar-refractivity contribution < 1.29 is 24.0 Å². The molecule has 1 amide bonds. The molecular weight excluding hydrogens is 494 g/mol. The fourth-order valence-corrected chi connectivity index (χ4v) is 4.44. The molecule has 1 aromatic carbocycles. The van der Waals surface area contributed by atoms with Gasteiger partial charge < -0.3 is 14.0 Å². The Hall–Kier alpha value is -4.71. The van der Waals surface area contributed by atoms with Crippen LogP contribution in [0, 0.1) is 10.1 Å². The third kappa shape index (κ3) is 4.68. The van der Waals surface area contributed by atoms with Crippen LogP contribution in [0.4, 0.5) is 5.69 Å². The third-order valence-corrected chi connectivity index (χ3v) is 6.21. The van der Waals surface area contributed by atoms with E-state index in [2.05, 4.69) is 9.98 Å². The predicted molar refractivity (Wildman–Crippen MR) is 135 cm³/mol. The average Bonchev–Trinajstić information content (AvgIpc) is 3.43. The molecule has 5 rings (SSSR count). The molecule has 1 aliphatic heterocycles. The molecule has 12 heteroatoms. The third-order valence-electron chi connectivity index (χ3n) is 6.21. The SMILES string of the molecule is CCOC(=O)c1cc2c(=O)n3ccccc3nc2n(C[C@@H]2CCCO2)c1=NC(=O)c1cccc([N+](=O)[O-])c1. The largest absolute Gasteiger partial charge is 0.462 e. The lowest BCUT2D eigenvalue weighted by Crippen LogP contribution is -2.35. The van der Waals surface area contributed by atoms with Gasteiger partial charge in [0.15, 0.2) is 5.49 Å². The Kier molecular flexibility index (Phi) is 6.79. The summed E-state index contributed by atoms with van der Waals surface area (Å²) in [5.41, 5.74) is -0.316. The molecular formula is C26H23N5O7. The molecule has 194 valence electrons. The number of aromatic nitrogens is 3. The van der Waals surface area contributed by atoms with Gasteiger partial charge in [0, 0.05) is 30.5 Å². The van der Waals surface area contributed by atoms with Gasteiger partial charge in [0.1, 0.15) is 16.9 Å². The zero-order valence-corrected chi connectivity index (χ0v) is 20.4. The van der Waals surface area contributed by atoms with Gasteiger partial charge >= 0.3 is 5.97 Å². The van der Waals surface area contributed by atoms with Crippen LogP contribution in [0.5, 0.6) is 0 Å². The van der Waals surface area contributed by atoms with Crippen LogP contribution in [0.2, 0.25) is 0 Å². The van der Waals surface area contributed by atoms with Crippen molar-refractivity contribution in [1.29, 1.82) is 0 Å². The van der Waals surface area contributed by atoms with Crippen molar-refractivity contribution in [3.8, 4) is 0 Å². The second-order valence-electron chi connectivity index (χ2n) is 8.66. The van der Waals surface area contributed by atoms with Crippen LogP contribution in [0.3, 0.4) is 0 Å². The second kappa shape index (κ2) is 10.3. The Labute approximate surface area is 214 Å². The van der Waals surface area contributed by atoms with E-state index < -0.39 is 22.4 Å². The first-order valence-electron chi connectivity index (χ1n) is 12.0. The Morgan fingerprint density at radius 2 is 2.08 bits per heavy atom. The average molecular weight is 517 g/mol. The summed E-state index contributed by atoms with van der Waals surface area (Å²) in [6, 6.07) is 11.6. The fraction of sp³-hybridized carbons (Fsp3) is 0.269. The zero-order chi connectivity index (χ0) is 26.8. The number of amides is 1. The quantitative estimate of drug-likeness (QED) is 0.164. The van der Waals surface area contributed by atoms with Gasteiger partial charge in [-0.2, -0.15) is 4.99 Å². The van der Waals surface area contributed by atoms with Crippen molar-refractivity contribution >= 4 is 34.2 Å². The highest BCUT2D eigenvalue weighted by atomic mass is 16.6. The summed E-state index contributed by atoms with van der Waals surface area (Å²) in [7, 11) is 0. The molecule has 1 atom stereocenters. The van der Waals surface area contributed by atoms with Crippen molar-refractivity contribution in [1.82, 2.24) is 14.0 Å². The lowest BCUT2D eigenvalue weighted by molar-refractivity contribution is -0.384. The molecule has 38 heavy (non-hydrogen) atoms. The zero-order valence-electron chi connectivity index (χ0n) is 20.4. The minimum Gasteiger partial charge on any atom is -0.462 e. The van der Waals surface area contributed by atoms with E-state index in [1.807, 2.05) is 0 Å². The highest BCUT2D eigenvalue weighted by Crippen LogP contribution is 2.18. The molecule has 0 unspecified atom stereocenters. The normalized spacial score (nSPS) is 15.7. The Morgan fingerprint density at radius 3 is 2.82 bits per heavy atom. The Morgan fingerprint density at radius 1 is 1.24 bits per heavy atom. The van der Waals surface area contributed by atoms with Crippen molar-refractivity contribution in [2.45, 2.75) is 32.4 Å². The molecule has 12 nitrogen and oxygen atoms in total. The standard InChI is InChI=1S/C26H23N5O7/c1-2-37-26(34)20-14-19-22(27-21-10-3-4-11-29(21)25(19)33)30(15-18-9-6-12-38-18)23(20)28-24(32)16-7-5-8-17(13-16)31(35)36/h3-5,7-8,10-11,13-14,18H,2,6,9,12,15H2,1H3/t18-/m0/s1. The second-order valence-corrected chi connectivity index (χ2v) is 8.66. The molecule has 0 radical (unpaired) electrons. The molecule has 0 aliphatic carbocycles. The molecule has 0 spiro atoms. The minimum atomic E-state index is -0.808. The first-order chi connectivity index (χ1) is 18.4. The number of esters is 1. The maximum Gasteiger partial charge on any atom is 0.341 e. The van der Waals surface area contributed by atoms with Gasteiger partial charge in [-0.25, -0.2) is 9.78 Å². The molecule has 0 bridgehead atoms. The van der Waals surface area contributed by atoms with Crippen LogP contribution in [-0.4, -0.2) is 50.1 Å². The van der Waals surface area contributed by atoms with Gasteiger partial charge in [-0.3, -0.25) is 24.1 Å². The van der Waals surface area contributed by atoms with Gasteiger partial charge in [-0.1, -0.05) is 12.1 Å². The number of pyridine rings is 2. The van der Waals surface area contributed by atoms with Crippen LogP contribution in [0.25, 0.3) is 16.7 Å². The maximum absolute atomic E-state index is 13.4. The number of fused-ring (bicyclic) bond motifs is 2. The smallest absolute Gasteiger partial charge is 0.341 e. The highest BCUT2D eigenvalue weighted by molar-refractivity contribution is 5.97. The van der Waals surface area contributed by atoms with Gasteiger partial charge in [0.25, 0.3) is 17.2 Å². The van der Waals surface area contributed by atoms with Crippen LogP contribution < -0.4 is 11.0 Å². The van der Waals surface area contributed by atoms with Crippen LogP contribution >= 0.6 is 0 Å². The number of hydrogen-bond donors (Lipinski definition) is 0. The summed E-state index contributed by atoms with van der Waals surface area (Å²) in [6.07, 6.45) is 2.86. The number of carbonyl (C=O) groups excluding carboxylic acids is 2. The van der Waals surface area contributed by atoms with Gasteiger partial charge in [-0.15, -0.1) is 0 Å². The lowest BCUT2D eigenvalue weighted by Gasteiger charge is -2.18. The van der Waals surface area contributed by atoms with Crippen LogP contribution in [0.15, 0.2) is 64.5 Å². The van der Waals surface area contributed by atoms with E-state index in [1.165, 1.54) is 33.2 Å². The Balaban J connectivity index is 1.84. The topological polar surface area (TPSA) is 147 Å². The molecule has 1 aliphatic rings. The summed E-state index contributed by atoms with van der Waals surface area (Å²) < 4.78 is 13.9. The number of ether oxygens (including phenoxy) is 2. The number of nitro benzene ring substituents is 1. The first kappa shape index (κ1) is 25.0. The number of benzene rings is 1. The molecule has 0 N–H and O–H groups in total. The summed E-state index contributed by atoms with van der Waals surface area (Å²) in [5.74, 6) is -1.59. The summed E-state index contributed by atoms with van der Waals surface area (Å²) in [5, 5.41) is 11.4. The summed E-state index contributed by atoms with van der Waals surface area (Å²) >= 11 is 0. The van der Waals surface area contributed by atoms with Crippen molar-refractivity contribution in [3.63, 3.8) is 0 Å². The predicted octanol–water partition coefficient (Wildman–Crippen LogP) is 2.65. The molecule has 3 aromatic heterocycles. The highest BCUT2D eigenvalue weighted by Gasteiger charge is 2.24. The monoisotopic (exact) mass is 517 g/mol. The van der Waals surface area contributed by atoms with Crippen molar-refractivity contribution in [2.75, 3.05) is 13.2 Å². The van der Waals surface area contributed by atoms with Crippen LogP contribution in [-0.2, 0) is 16.0 Å². The van der Waals surface area contributed by atoms with E-state index in [0.717, 1.165) is 18.9 Å². The van der Waals surface area contributed by atoms with E-state index in [4.69, 9.17) is 9.47 Å². The maximum atomic E-state index is 13.4. The fourth-order valence-electron chi connectivity index (χ4n) is 4.44. The number of rotatable bonds is 6. The van der Waals surface area contributed by atoms with Crippen molar-refractivity contribution in [2.24, 2.45) is 4.99 Å². The molecule has 1 saturated heterocycles. The number of nitro groups is 1. The first-order valence-corrected chi connectivity index (χ1v) is 12.0. The van der Waals surface area contributed by atoms with Crippen LogP contribution in [0.1, 0.15) is 40.5 Å². The number of non-ortho nitro benzene ring substituents is 1. The lowest BCUT2D eigenvalue weighted by atomic mass is 10.1. The molecule has 0 saturated carbocycles. The van der Waals surface area contributed by atoms with E-state index in [9.17, 15) is 24.5 Å². The Bertz CT molecular complexity index is 1720. The summed E-state index contributed by atoms with van der Waals surface area (Å²) in [6.45, 7) is 2.41. The number of carbonyl (C=O) groups is 2. The molecule has 4 aromatic rings. The van der Waals surface area contributed by atoms with E-state index in [-0.39, 0.29) is 52.6 Å². The molecule has 1 fully saturated rings. The number of nitrogens with zero attached hydrogens (tertiary/aromatic N) is 5. The molecule has 4 heterocycles. The van der Waals surface area contributed by atoms with E-state index in [0.29, 0.717) is 12.3 Å². The van der Waals surface area contributed by atoms with Gasteiger partial charge in [0.2, 0.25) is 0 Å². The summed E-state index contributed by atoms with van der Waals surface area (Å²) in [4.78, 5) is 59.3. The number of hydrogen-bond acceptors (Lipinski definition) is 8. The van der Waals surface area contributed by atoms with E-state index in [1.54, 1.807) is 31.3 Å². The minimum absolute atomic E-state index is 0.0377. The van der Waals surface area contributed by atoms with Crippen molar-refractivity contribution in [3.05, 3.63) is 91.8 Å². The van der Waals surface area contributed by atoms with Gasteiger partial charge in [-0.05, 0) is 44.0 Å². The van der Waals surface area contributed by atoms with Gasteiger partial charge in [0.05, 0.1) is 29.6 Å².